The van der Waals surface area contributed by atoms with E-state index in [9.17, 15) is 8.76 Å². The van der Waals surface area contributed by atoms with Crippen molar-refractivity contribution in [3.63, 3.8) is 0 Å². The van der Waals surface area contributed by atoms with Gasteiger partial charge < -0.3 is 14.3 Å². The molecule has 5 nitrogen and oxygen atoms in total. The third-order valence-corrected chi connectivity index (χ3v) is 1.08. The lowest BCUT2D eigenvalue weighted by atomic mass is 10.8. The van der Waals surface area contributed by atoms with Gasteiger partial charge in [0.25, 0.3) is 0 Å². The van der Waals surface area contributed by atoms with Crippen molar-refractivity contribution in [2.45, 2.75) is 0 Å². The minimum absolute atomic E-state index is 0.364. The SMILES string of the molecule is O=S([O-])Nc1cnc[nH]1. The molecule has 0 spiro atoms. The van der Waals surface area contributed by atoms with Crippen molar-refractivity contribution in [2.75, 3.05) is 4.72 Å². The van der Waals surface area contributed by atoms with Gasteiger partial charge in [-0.05, 0) is 0 Å². The molecule has 1 rings (SSSR count). The molecule has 1 aromatic heterocycles. The molecule has 50 valence electrons. The van der Waals surface area contributed by atoms with Crippen molar-refractivity contribution in [3.05, 3.63) is 12.5 Å². The zero-order valence-electron chi connectivity index (χ0n) is 4.33. The summed E-state index contributed by atoms with van der Waals surface area (Å²) in [6, 6.07) is 0. The molecule has 1 aromatic rings. The highest BCUT2D eigenvalue weighted by Gasteiger charge is 1.86. The van der Waals surface area contributed by atoms with Crippen LogP contribution in [0.15, 0.2) is 12.5 Å². The summed E-state index contributed by atoms with van der Waals surface area (Å²) in [4.78, 5) is 6.14. The molecule has 0 aliphatic rings. The van der Waals surface area contributed by atoms with E-state index in [0.717, 1.165) is 0 Å². The normalized spacial score (nSPS) is 13.0. The summed E-state index contributed by atoms with van der Waals surface area (Å²) >= 11 is -2.27. The second-order valence-corrected chi connectivity index (χ2v) is 1.98. The monoisotopic (exact) mass is 146 g/mol. The fraction of sp³-hybridized carbons (Fsp3) is 0. The average molecular weight is 146 g/mol. The largest absolute Gasteiger partial charge is 0.755 e. The van der Waals surface area contributed by atoms with Crippen LogP contribution in [0.25, 0.3) is 0 Å². The molecule has 2 N–H and O–H groups in total. The lowest BCUT2D eigenvalue weighted by Crippen LogP contribution is -2.01. The molecule has 1 heterocycles. The van der Waals surface area contributed by atoms with Crippen LogP contribution < -0.4 is 4.72 Å². The Balaban J connectivity index is 2.58. The third-order valence-electron chi connectivity index (χ3n) is 0.692. The zero-order chi connectivity index (χ0) is 6.69. The maximum atomic E-state index is 9.91. The highest BCUT2D eigenvalue weighted by Crippen LogP contribution is 1.96. The number of hydrogen-bond acceptors (Lipinski definition) is 3. The fourth-order valence-electron chi connectivity index (χ4n) is 0.401. The van der Waals surface area contributed by atoms with Gasteiger partial charge in [-0.2, -0.15) is 0 Å². The van der Waals surface area contributed by atoms with Crippen LogP contribution in [-0.2, 0) is 11.3 Å². The molecule has 0 fully saturated rings. The van der Waals surface area contributed by atoms with Gasteiger partial charge >= 0.3 is 0 Å². The summed E-state index contributed by atoms with van der Waals surface area (Å²) in [6.45, 7) is 0. The molecule has 1 atom stereocenters. The van der Waals surface area contributed by atoms with Crippen LogP contribution in [0.3, 0.4) is 0 Å². The van der Waals surface area contributed by atoms with Gasteiger partial charge in [0, 0.05) is 11.3 Å². The van der Waals surface area contributed by atoms with Crippen LogP contribution in [0.5, 0.6) is 0 Å². The Labute approximate surface area is 53.9 Å². The minimum Gasteiger partial charge on any atom is -0.755 e. The van der Waals surface area contributed by atoms with E-state index >= 15 is 0 Å². The predicted molar refractivity (Wildman–Crippen MR) is 31.1 cm³/mol. The number of aromatic nitrogens is 2. The van der Waals surface area contributed by atoms with Crippen LogP contribution >= 0.6 is 0 Å². The Morgan fingerprint density at radius 2 is 2.67 bits per heavy atom. The summed E-state index contributed by atoms with van der Waals surface area (Å²) in [5, 5.41) is 0. The lowest BCUT2D eigenvalue weighted by Gasteiger charge is -2.03. The molecule has 9 heavy (non-hydrogen) atoms. The number of H-pyrrole nitrogens is 1. The fourth-order valence-corrected chi connectivity index (χ4v) is 0.693. The maximum Gasteiger partial charge on any atom is 0.134 e. The quantitative estimate of drug-likeness (QED) is 0.558. The van der Waals surface area contributed by atoms with Crippen molar-refractivity contribution in [1.29, 1.82) is 0 Å². The molecule has 0 aliphatic heterocycles. The smallest absolute Gasteiger partial charge is 0.134 e. The predicted octanol–water partition coefficient (Wildman–Crippen LogP) is -0.384. The van der Waals surface area contributed by atoms with Gasteiger partial charge in [0.15, 0.2) is 0 Å². The molecule has 0 amide bonds. The van der Waals surface area contributed by atoms with Crippen LogP contribution in [0.2, 0.25) is 0 Å². The first-order valence-corrected chi connectivity index (χ1v) is 3.21. The second-order valence-electron chi connectivity index (χ2n) is 1.30. The summed E-state index contributed by atoms with van der Waals surface area (Å²) in [5.74, 6) is 0.364. The molecular formula is C3H4N3O2S-. The number of nitrogens with zero attached hydrogens (tertiary/aromatic N) is 1. The summed E-state index contributed by atoms with van der Waals surface area (Å²) in [7, 11) is 0. The van der Waals surface area contributed by atoms with Crippen LogP contribution in [0, 0.1) is 0 Å². The van der Waals surface area contributed by atoms with Gasteiger partial charge in [0.2, 0.25) is 0 Å². The lowest BCUT2D eigenvalue weighted by molar-refractivity contribution is 0.542. The van der Waals surface area contributed by atoms with Gasteiger partial charge in [-0.3, -0.25) is 4.21 Å². The Bertz CT molecular complexity index is 197. The second kappa shape index (κ2) is 2.60. The van der Waals surface area contributed by atoms with Crippen LogP contribution in [-0.4, -0.2) is 18.7 Å². The first-order chi connectivity index (χ1) is 4.29. The van der Waals surface area contributed by atoms with Gasteiger partial charge in [0.05, 0.1) is 12.5 Å². The third kappa shape index (κ3) is 1.82. The average Bonchev–Trinajstić information content (AvgIpc) is 2.15. The Kier molecular flexibility index (Phi) is 1.81. The highest BCUT2D eigenvalue weighted by molar-refractivity contribution is 7.80. The van der Waals surface area contributed by atoms with Crippen molar-refractivity contribution >= 4 is 17.1 Å². The highest BCUT2D eigenvalue weighted by atomic mass is 32.2. The van der Waals surface area contributed by atoms with Gasteiger partial charge in [-0.1, -0.05) is 0 Å². The summed E-state index contributed by atoms with van der Waals surface area (Å²) in [5.41, 5.74) is 0. The van der Waals surface area contributed by atoms with E-state index in [1.165, 1.54) is 12.5 Å². The maximum absolute atomic E-state index is 9.91. The van der Waals surface area contributed by atoms with Gasteiger partial charge in [-0.25, -0.2) is 4.98 Å². The molecular weight excluding hydrogens is 142 g/mol. The van der Waals surface area contributed by atoms with Gasteiger partial charge in [0.1, 0.15) is 5.82 Å². The Morgan fingerprint density at radius 3 is 3.11 bits per heavy atom. The molecule has 0 aromatic carbocycles. The molecule has 0 aliphatic carbocycles. The molecule has 1 unspecified atom stereocenters. The van der Waals surface area contributed by atoms with Crippen molar-refractivity contribution in [2.24, 2.45) is 0 Å². The van der Waals surface area contributed by atoms with Crippen molar-refractivity contribution in [1.82, 2.24) is 9.97 Å². The minimum atomic E-state index is -2.27. The van der Waals surface area contributed by atoms with Crippen LogP contribution in [0.4, 0.5) is 5.82 Å². The van der Waals surface area contributed by atoms with E-state index in [2.05, 4.69) is 14.7 Å². The Morgan fingerprint density at radius 1 is 1.89 bits per heavy atom. The summed E-state index contributed by atoms with van der Waals surface area (Å²) < 4.78 is 21.9. The standard InChI is InChI=1S/C3H5N3O2S/c7-9(8)6-3-1-4-2-5-3/h1-2,6H,(H,4,5)(H,7,8)/p-1. The number of nitrogens with one attached hydrogen (secondary N) is 2. The topological polar surface area (TPSA) is 80.8 Å². The number of anilines is 1. The van der Waals surface area contributed by atoms with E-state index in [1.54, 1.807) is 0 Å². The number of hydrogen-bond donors (Lipinski definition) is 2. The zero-order valence-corrected chi connectivity index (χ0v) is 5.14. The molecule has 6 heteroatoms. The molecule has 0 saturated carbocycles. The van der Waals surface area contributed by atoms with E-state index in [4.69, 9.17) is 0 Å². The van der Waals surface area contributed by atoms with E-state index < -0.39 is 11.3 Å². The molecule has 0 bridgehead atoms. The number of aromatic amines is 1. The first-order valence-electron chi connectivity index (χ1n) is 2.13. The summed E-state index contributed by atoms with van der Waals surface area (Å²) in [6.07, 6.45) is 2.75. The van der Waals surface area contributed by atoms with E-state index in [0.29, 0.717) is 5.82 Å². The first kappa shape index (κ1) is 6.24. The number of imidazole rings is 1. The van der Waals surface area contributed by atoms with E-state index in [1.807, 2.05) is 0 Å². The van der Waals surface area contributed by atoms with Crippen molar-refractivity contribution in [3.8, 4) is 0 Å². The van der Waals surface area contributed by atoms with Crippen molar-refractivity contribution < 1.29 is 8.76 Å². The molecule has 0 radical (unpaired) electrons. The van der Waals surface area contributed by atoms with Crippen LogP contribution in [0.1, 0.15) is 0 Å². The molecule has 0 saturated heterocycles. The van der Waals surface area contributed by atoms with Gasteiger partial charge in [-0.15, -0.1) is 0 Å². The van der Waals surface area contributed by atoms with E-state index in [-0.39, 0.29) is 0 Å². The number of rotatable bonds is 2. The Hall–Kier alpha value is -0.880.